The Kier molecular flexibility index (Phi) is 5.81. The van der Waals surface area contributed by atoms with E-state index in [0.717, 1.165) is 11.1 Å². The van der Waals surface area contributed by atoms with Crippen LogP contribution in [-0.2, 0) is 6.54 Å². The molecule has 0 spiro atoms. The van der Waals surface area contributed by atoms with Gasteiger partial charge in [-0.3, -0.25) is 4.79 Å². The Balaban J connectivity index is 1.65. The minimum atomic E-state index is -0.255. The molecule has 0 bridgehead atoms. The topological polar surface area (TPSA) is 54.9 Å². The molecule has 1 amide bonds. The van der Waals surface area contributed by atoms with Gasteiger partial charge < -0.3 is 5.32 Å². The molecule has 0 unspecified atom stereocenters. The molecular formula is C20H18ClN3OS. The molecule has 3 rings (SSSR count). The smallest absolute Gasteiger partial charge is 0.282 e. The Labute approximate surface area is 161 Å². The Morgan fingerprint density at radius 1 is 1.00 bits per heavy atom. The third kappa shape index (κ3) is 4.77. The first-order chi connectivity index (χ1) is 12.5. The zero-order valence-corrected chi connectivity index (χ0v) is 16.1. The van der Waals surface area contributed by atoms with Crippen LogP contribution in [0, 0.1) is 13.8 Å². The fraction of sp³-hybridized carbons (Fsp3) is 0.150. The summed E-state index contributed by atoms with van der Waals surface area (Å²) >= 11 is 7.50. The van der Waals surface area contributed by atoms with Gasteiger partial charge in [-0.25, -0.2) is 0 Å². The molecular weight excluding hydrogens is 366 g/mol. The van der Waals surface area contributed by atoms with Gasteiger partial charge >= 0.3 is 0 Å². The van der Waals surface area contributed by atoms with Gasteiger partial charge in [0.05, 0.1) is 5.03 Å². The molecule has 1 heterocycles. The van der Waals surface area contributed by atoms with Crippen LogP contribution in [0.3, 0.4) is 0 Å². The normalized spacial score (nSPS) is 11.4. The van der Waals surface area contributed by atoms with Crippen molar-refractivity contribution in [3.8, 4) is 0 Å². The Bertz CT molecular complexity index is 930. The maximum atomic E-state index is 12.3. The molecule has 2 aromatic carbocycles. The Morgan fingerprint density at radius 3 is 2.23 bits per heavy atom. The van der Waals surface area contributed by atoms with Gasteiger partial charge in [0.15, 0.2) is 5.01 Å². The van der Waals surface area contributed by atoms with Crippen molar-refractivity contribution in [2.24, 2.45) is 0 Å². The van der Waals surface area contributed by atoms with Gasteiger partial charge in [-0.2, -0.15) is 0 Å². The van der Waals surface area contributed by atoms with E-state index in [-0.39, 0.29) is 5.91 Å². The maximum absolute atomic E-state index is 12.3. The highest BCUT2D eigenvalue weighted by molar-refractivity contribution is 7.15. The lowest BCUT2D eigenvalue weighted by molar-refractivity contribution is 0.0950. The van der Waals surface area contributed by atoms with Crippen LogP contribution in [0.1, 0.15) is 37.1 Å². The average Bonchev–Trinajstić information content (AvgIpc) is 3.13. The van der Waals surface area contributed by atoms with Gasteiger partial charge in [-0.15, -0.1) is 10.2 Å². The third-order valence-electron chi connectivity index (χ3n) is 3.77. The number of hydrogen-bond acceptors (Lipinski definition) is 4. The second-order valence-electron chi connectivity index (χ2n) is 5.98. The SMILES string of the molecule is Cc1ccc(/C=C(\Cl)c2nnc(C(=O)NCc3ccc(C)cc3)s2)cc1. The highest BCUT2D eigenvalue weighted by atomic mass is 35.5. The second-order valence-corrected chi connectivity index (χ2v) is 7.37. The molecule has 0 saturated heterocycles. The van der Waals surface area contributed by atoms with E-state index in [2.05, 4.69) is 15.5 Å². The lowest BCUT2D eigenvalue weighted by Crippen LogP contribution is -2.22. The van der Waals surface area contributed by atoms with Gasteiger partial charge in [-0.05, 0) is 31.1 Å². The molecule has 0 saturated carbocycles. The van der Waals surface area contributed by atoms with Crippen molar-refractivity contribution in [2.45, 2.75) is 20.4 Å². The first-order valence-electron chi connectivity index (χ1n) is 8.13. The number of hydrogen-bond donors (Lipinski definition) is 1. The Morgan fingerprint density at radius 2 is 1.58 bits per heavy atom. The number of carbonyl (C=O) groups is 1. The second kappa shape index (κ2) is 8.25. The molecule has 0 aliphatic carbocycles. The van der Waals surface area contributed by atoms with Gasteiger partial charge in [0.1, 0.15) is 0 Å². The zero-order chi connectivity index (χ0) is 18.5. The van der Waals surface area contributed by atoms with Gasteiger partial charge in [0.25, 0.3) is 5.91 Å². The average molecular weight is 384 g/mol. The van der Waals surface area contributed by atoms with Crippen LogP contribution >= 0.6 is 22.9 Å². The van der Waals surface area contributed by atoms with Crippen LogP contribution in [-0.4, -0.2) is 16.1 Å². The van der Waals surface area contributed by atoms with E-state index in [0.29, 0.717) is 21.6 Å². The molecule has 1 N–H and O–H groups in total. The molecule has 3 aromatic rings. The van der Waals surface area contributed by atoms with Crippen LogP contribution in [0.15, 0.2) is 48.5 Å². The number of aryl methyl sites for hydroxylation is 2. The van der Waals surface area contributed by atoms with Crippen molar-refractivity contribution in [1.29, 1.82) is 0 Å². The molecule has 0 radical (unpaired) electrons. The number of nitrogens with one attached hydrogen (secondary N) is 1. The van der Waals surface area contributed by atoms with Crippen LogP contribution in [0.25, 0.3) is 11.1 Å². The summed E-state index contributed by atoms with van der Waals surface area (Å²) in [4.78, 5) is 12.3. The molecule has 0 aliphatic rings. The molecule has 4 nitrogen and oxygen atoms in total. The van der Waals surface area contributed by atoms with E-state index in [4.69, 9.17) is 11.6 Å². The Hall–Kier alpha value is -2.50. The van der Waals surface area contributed by atoms with Crippen molar-refractivity contribution < 1.29 is 4.79 Å². The van der Waals surface area contributed by atoms with Crippen molar-refractivity contribution in [3.63, 3.8) is 0 Å². The van der Waals surface area contributed by atoms with Gasteiger partial charge in [0, 0.05) is 6.54 Å². The highest BCUT2D eigenvalue weighted by Gasteiger charge is 2.14. The summed E-state index contributed by atoms with van der Waals surface area (Å²) in [5.41, 5.74) is 4.37. The molecule has 26 heavy (non-hydrogen) atoms. The largest absolute Gasteiger partial charge is 0.346 e. The number of amides is 1. The van der Waals surface area contributed by atoms with Crippen LogP contribution < -0.4 is 5.32 Å². The van der Waals surface area contributed by atoms with E-state index in [1.54, 1.807) is 0 Å². The summed E-state index contributed by atoms with van der Waals surface area (Å²) in [7, 11) is 0. The van der Waals surface area contributed by atoms with E-state index in [9.17, 15) is 4.79 Å². The minimum absolute atomic E-state index is 0.255. The number of benzene rings is 2. The first kappa shape index (κ1) is 18.3. The molecule has 1 aromatic heterocycles. The highest BCUT2D eigenvalue weighted by Crippen LogP contribution is 2.25. The number of aromatic nitrogens is 2. The maximum Gasteiger partial charge on any atom is 0.282 e. The fourth-order valence-electron chi connectivity index (χ4n) is 2.25. The van der Waals surface area contributed by atoms with Crippen LogP contribution in [0.2, 0.25) is 0 Å². The lowest BCUT2D eigenvalue weighted by atomic mass is 10.1. The predicted octanol–water partition coefficient (Wildman–Crippen LogP) is 4.82. The standard InChI is InChI=1S/C20H18ClN3OS/c1-13-3-7-15(8-4-13)11-17(21)19-23-24-20(26-19)18(25)22-12-16-9-5-14(2)6-10-16/h3-11H,12H2,1-2H3,(H,22,25)/b17-11-. The molecule has 6 heteroatoms. The number of carbonyl (C=O) groups excluding carboxylic acids is 1. The molecule has 0 atom stereocenters. The number of nitrogens with zero attached hydrogens (tertiary/aromatic N) is 2. The first-order valence-corrected chi connectivity index (χ1v) is 9.32. The molecule has 0 fully saturated rings. The van der Waals surface area contributed by atoms with Crippen molar-refractivity contribution in [1.82, 2.24) is 15.5 Å². The van der Waals surface area contributed by atoms with E-state index in [1.165, 1.54) is 22.5 Å². The molecule has 0 aliphatic heterocycles. The van der Waals surface area contributed by atoms with Crippen molar-refractivity contribution in [3.05, 3.63) is 80.8 Å². The van der Waals surface area contributed by atoms with E-state index in [1.807, 2.05) is 68.5 Å². The van der Waals surface area contributed by atoms with Crippen LogP contribution in [0.5, 0.6) is 0 Å². The van der Waals surface area contributed by atoms with E-state index < -0.39 is 0 Å². The monoisotopic (exact) mass is 383 g/mol. The van der Waals surface area contributed by atoms with Crippen molar-refractivity contribution >= 4 is 40.0 Å². The summed E-state index contributed by atoms with van der Waals surface area (Å²) in [6.45, 7) is 4.50. The quantitative estimate of drug-likeness (QED) is 0.687. The third-order valence-corrected chi connectivity index (χ3v) is 5.12. The summed E-state index contributed by atoms with van der Waals surface area (Å²) in [5, 5.41) is 12.1. The summed E-state index contributed by atoms with van der Waals surface area (Å²) in [6, 6.07) is 16.0. The molecule has 132 valence electrons. The van der Waals surface area contributed by atoms with Gasteiger partial charge in [-0.1, -0.05) is 82.6 Å². The fourth-order valence-corrected chi connectivity index (χ4v) is 3.19. The minimum Gasteiger partial charge on any atom is -0.346 e. The predicted molar refractivity (Wildman–Crippen MR) is 107 cm³/mol. The number of rotatable bonds is 5. The lowest BCUT2D eigenvalue weighted by Gasteiger charge is -2.03. The van der Waals surface area contributed by atoms with Crippen LogP contribution in [0.4, 0.5) is 0 Å². The summed E-state index contributed by atoms with van der Waals surface area (Å²) < 4.78 is 0. The summed E-state index contributed by atoms with van der Waals surface area (Å²) in [5.74, 6) is -0.255. The number of halogens is 1. The summed E-state index contributed by atoms with van der Waals surface area (Å²) in [6.07, 6.45) is 1.81. The zero-order valence-electron chi connectivity index (χ0n) is 14.5. The van der Waals surface area contributed by atoms with Crippen molar-refractivity contribution in [2.75, 3.05) is 0 Å². The van der Waals surface area contributed by atoms with Gasteiger partial charge in [0.2, 0.25) is 5.01 Å². The van der Waals surface area contributed by atoms with E-state index >= 15 is 0 Å².